The van der Waals surface area contributed by atoms with Crippen molar-refractivity contribution in [2.45, 2.75) is 44.4 Å². The van der Waals surface area contributed by atoms with Gasteiger partial charge in [0, 0.05) is 25.0 Å². The third-order valence-electron chi connectivity index (χ3n) is 4.71. The van der Waals surface area contributed by atoms with Crippen molar-refractivity contribution < 1.29 is 19.0 Å². The van der Waals surface area contributed by atoms with Crippen LogP contribution in [0.4, 0.5) is 4.79 Å². The zero-order valence-electron chi connectivity index (χ0n) is 14.9. The summed E-state index contributed by atoms with van der Waals surface area (Å²) in [6.07, 6.45) is 6.91. The molecule has 2 aromatic rings. The van der Waals surface area contributed by atoms with E-state index in [9.17, 15) is 4.79 Å². The predicted molar refractivity (Wildman–Crippen MR) is 96.6 cm³/mol. The van der Waals surface area contributed by atoms with Crippen LogP contribution in [0.15, 0.2) is 36.7 Å². The lowest BCUT2D eigenvalue weighted by Gasteiger charge is -2.28. The highest BCUT2D eigenvalue weighted by atomic mass is 16.7. The largest absolute Gasteiger partial charge is 0.460 e. The molecule has 1 aliphatic carbocycles. The topological polar surface area (TPSA) is 94.6 Å². The minimum Gasteiger partial charge on any atom is -0.460 e. The summed E-state index contributed by atoms with van der Waals surface area (Å²) >= 11 is 0. The molecule has 0 radical (unpaired) electrons. The van der Waals surface area contributed by atoms with E-state index in [0.29, 0.717) is 12.6 Å². The first-order valence-electron chi connectivity index (χ1n) is 9.13. The molecule has 27 heavy (non-hydrogen) atoms. The van der Waals surface area contributed by atoms with Gasteiger partial charge in [-0.05, 0) is 49.4 Å². The monoisotopic (exact) mass is 370 g/mol. The highest BCUT2D eigenvalue weighted by molar-refractivity contribution is 5.74. The molecule has 1 aliphatic heterocycles. The van der Waals surface area contributed by atoms with Gasteiger partial charge in [0.05, 0.1) is 0 Å². The first-order chi connectivity index (χ1) is 13.3. The van der Waals surface area contributed by atoms with Gasteiger partial charge < -0.3 is 24.8 Å². The molecular weight excluding hydrogens is 348 g/mol. The number of ether oxygens (including phenoxy) is 3. The lowest BCUT2D eigenvalue weighted by Crippen LogP contribution is -2.44. The summed E-state index contributed by atoms with van der Waals surface area (Å²) < 4.78 is 16.4. The summed E-state index contributed by atoms with van der Waals surface area (Å²) in [6, 6.07) is 7.82. The van der Waals surface area contributed by atoms with E-state index in [1.807, 2.05) is 18.2 Å². The number of hydrogen-bond donors (Lipinski definition) is 2. The molecule has 1 saturated carbocycles. The van der Waals surface area contributed by atoms with E-state index < -0.39 is 0 Å². The van der Waals surface area contributed by atoms with Crippen LogP contribution in [0, 0.1) is 0 Å². The van der Waals surface area contributed by atoms with Crippen molar-refractivity contribution >= 4 is 6.03 Å². The fraction of sp³-hybridized carbons (Fsp3) is 0.421. The second kappa shape index (κ2) is 8.11. The van der Waals surface area contributed by atoms with E-state index >= 15 is 0 Å². The first kappa shape index (κ1) is 17.4. The fourth-order valence-corrected chi connectivity index (χ4v) is 3.29. The minimum atomic E-state index is -0.163. The summed E-state index contributed by atoms with van der Waals surface area (Å²) in [5, 5.41) is 5.92. The quantitative estimate of drug-likeness (QED) is 0.839. The number of rotatable bonds is 5. The maximum Gasteiger partial charge on any atom is 0.316 e. The Kier molecular flexibility index (Phi) is 5.22. The van der Waals surface area contributed by atoms with Gasteiger partial charge in [-0.25, -0.2) is 14.8 Å². The van der Waals surface area contributed by atoms with E-state index in [4.69, 9.17) is 14.2 Å². The van der Waals surface area contributed by atoms with Crippen LogP contribution >= 0.6 is 0 Å². The number of nitrogens with zero attached hydrogens (tertiary/aromatic N) is 2. The van der Waals surface area contributed by atoms with Crippen molar-refractivity contribution in [3.05, 3.63) is 42.2 Å². The number of aromatic nitrogens is 2. The average Bonchev–Trinajstić information content (AvgIpc) is 3.17. The highest BCUT2D eigenvalue weighted by Crippen LogP contribution is 2.32. The minimum absolute atomic E-state index is 0.0992. The molecule has 2 heterocycles. The van der Waals surface area contributed by atoms with Crippen LogP contribution in [0.5, 0.6) is 17.5 Å². The molecule has 2 amide bonds. The number of carbonyl (C=O) groups excluding carboxylic acids is 1. The molecule has 2 N–H and O–H groups in total. The Bertz CT molecular complexity index is 779. The number of hydrogen-bond acceptors (Lipinski definition) is 6. The maximum atomic E-state index is 12.2. The van der Waals surface area contributed by atoms with Gasteiger partial charge in [-0.2, -0.15) is 0 Å². The predicted octanol–water partition coefficient (Wildman–Crippen LogP) is 2.39. The lowest BCUT2D eigenvalue weighted by molar-refractivity contribution is 0.129. The number of carbonyl (C=O) groups is 1. The fourth-order valence-electron chi connectivity index (χ4n) is 3.29. The molecule has 2 aliphatic rings. The van der Waals surface area contributed by atoms with E-state index in [1.54, 1.807) is 18.5 Å². The second-order valence-electron chi connectivity index (χ2n) is 6.64. The standard InChI is InChI=1S/C19H22N4O4/c24-18(22-11-13-2-7-16-17(10-13)26-12-25-16)23-14-3-5-15(6-4-14)27-19-20-8-1-9-21-19/h1-2,7-10,14-15H,3-6,11-12H2,(H2,22,23,24). The summed E-state index contributed by atoms with van der Waals surface area (Å²) in [5.41, 5.74) is 0.967. The highest BCUT2D eigenvalue weighted by Gasteiger charge is 2.24. The van der Waals surface area contributed by atoms with Crippen molar-refractivity contribution in [3.8, 4) is 17.5 Å². The van der Waals surface area contributed by atoms with Gasteiger partial charge in [0.2, 0.25) is 6.79 Å². The number of amides is 2. The molecule has 0 unspecified atom stereocenters. The zero-order chi connectivity index (χ0) is 18.5. The molecule has 1 fully saturated rings. The third-order valence-corrected chi connectivity index (χ3v) is 4.71. The van der Waals surface area contributed by atoms with Crippen molar-refractivity contribution in [1.29, 1.82) is 0 Å². The molecule has 0 atom stereocenters. The Labute approximate surface area is 157 Å². The number of fused-ring (bicyclic) bond motifs is 1. The Hall–Kier alpha value is -3.03. The van der Waals surface area contributed by atoms with Gasteiger partial charge in [-0.15, -0.1) is 0 Å². The summed E-state index contributed by atoms with van der Waals surface area (Å²) in [7, 11) is 0. The first-order valence-corrected chi connectivity index (χ1v) is 9.13. The normalized spacial score (nSPS) is 20.7. The SMILES string of the molecule is O=C(NCc1ccc2c(c1)OCO2)NC1CCC(Oc2ncccn2)CC1. The number of benzene rings is 1. The van der Waals surface area contributed by atoms with Crippen molar-refractivity contribution in [3.63, 3.8) is 0 Å². The van der Waals surface area contributed by atoms with Crippen LogP contribution in [0.1, 0.15) is 31.2 Å². The summed E-state index contributed by atoms with van der Waals surface area (Å²) in [4.78, 5) is 20.3. The van der Waals surface area contributed by atoms with Gasteiger partial charge in [0.15, 0.2) is 11.5 Å². The van der Waals surface area contributed by atoms with Gasteiger partial charge >= 0.3 is 12.0 Å². The molecule has 0 bridgehead atoms. The molecule has 0 saturated heterocycles. The van der Waals surface area contributed by atoms with Crippen molar-refractivity contribution in [2.75, 3.05) is 6.79 Å². The van der Waals surface area contributed by atoms with Crippen LogP contribution in [0.3, 0.4) is 0 Å². The number of urea groups is 1. The molecule has 1 aromatic carbocycles. The van der Waals surface area contributed by atoms with E-state index in [1.165, 1.54) is 0 Å². The maximum absolute atomic E-state index is 12.2. The van der Waals surface area contributed by atoms with Crippen LogP contribution in [-0.4, -0.2) is 34.9 Å². The zero-order valence-corrected chi connectivity index (χ0v) is 14.9. The molecule has 1 aromatic heterocycles. The van der Waals surface area contributed by atoms with Crippen molar-refractivity contribution in [1.82, 2.24) is 20.6 Å². The molecular formula is C19H22N4O4. The smallest absolute Gasteiger partial charge is 0.316 e. The third kappa shape index (κ3) is 4.58. The Morgan fingerprint density at radius 1 is 1.11 bits per heavy atom. The molecule has 8 heteroatoms. The number of nitrogens with one attached hydrogen (secondary N) is 2. The second-order valence-corrected chi connectivity index (χ2v) is 6.64. The van der Waals surface area contributed by atoms with Gasteiger partial charge in [-0.1, -0.05) is 6.07 Å². The molecule has 0 spiro atoms. The molecule has 4 rings (SSSR count). The van der Waals surface area contributed by atoms with Crippen molar-refractivity contribution in [2.24, 2.45) is 0 Å². The van der Waals surface area contributed by atoms with Crippen LogP contribution < -0.4 is 24.8 Å². The summed E-state index contributed by atoms with van der Waals surface area (Å²) in [5.74, 6) is 1.46. The van der Waals surface area contributed by atoms with Crippen LogP contribution in [-0.2, 0) is 6.54 Å². The van der Waals surface area contributed by atoms with Gasteiger partial charge in [0.1, 0.15) is 6.10 Å². The molecule has 142 valence electrons. The Morgan fingerprint density at radius 3 is 2.70 bits per heavy atom. The Balaban J connectivity index is 1.18. The average molecular weight is 370 g/mol. The molecule has 8 nitrogen and oxygen atoms in total. The van der Waals surface area contributed by atoms with Crippen LogP contribution in [0.2, 0.25) is 0 Å². The van der Waals surface area contributed by atoms with Crippen LogP contribution in [0.25, 0.3) is 0 Å². The lowest BCUT2D eigenvalue weighted by atomic mass is 9.93. The van der Waals surface area contributed by atoms with E-state index in [-0.39, 0.29) is 25.0 Å². The van der Waals surface area contributed by atoms with E-state index in [0.717, 1.165) is 42.7 Å². The Morgan fingerprint density at radius 2 is 1.89 bits per heavy atom. The van der Waals surface area contributed by atoms with Gasteiger partial charge in [0.25, 0.3) is 0 Å². The van der Waals surface area contributed by atoms with E-state index in [2.05, 4.69) is 20.6 Å². The van der Waals surface area contributed by atoms with Gasteiger partial charge in [-0.3, -0.25) is 0 Å². The summed E-state index contributed by atoms with van der Waals surface area (Å²) in [6.45, 7) is 0.682.